The van der Waals surface area contributed by atoms with Crippen molar-refractivity contribution in [3.63, 3.8) is 0 Å². The molecule has 0 radical (unpaired) electrons. The number of rotatable bonds is 6. The summed E-state index contributed by atoms with van der Waals surface area (Å²) in [4.78, 5) is 9.27. The summed E-state index contributed by atoms with van der Waals surface area (Å²) < 4.78 is 5.78. The molecule has 0 amide bonds. The van der Waals surface area contributed by atoms with Crippen LogP contribution < -0.4 is 5.32 Å². The maximum absolute atomic E-state index is 5.78. The highest BCUT2D eigenvalue weighted by Gasteiger charge is 2.21. The van der Waals surface area contributed by atoms with Gasteiger partial charge in [0.1, 0.15) is 11.9 Å². The third-order valence-electron chi connectivity index (χ3n) is 2.97. The number of anilines is 1. The van der Waals surface area contributed by atoms with Gasteiger partial charge in [-0.1, -0.05) is 34.1 Å². The number of nitrogens with zero attached hydrogens (tertiary/aromatic N) is 2. The predicted molar refractivity (Wildman–Crippen MR) is 79.6 cm³/mol. The first-order valence-electron chi connectivity index (χ1n) is 7.11. The minimum Gasteiger partial charge on any atom is -0.373 e. The lowest BCUT2D eigenvalue weighted by Crippen LogP contribution is -2.18. The lowest BCUT2D eigenvalue weighted by molar-refractivity contribution is 0.0492. The molecular formula is C15H27N3O. The Balaban J connectivity index is 3.17. The normalized spacial score (nSPS) is 13.4. The van der Waals surface area contributed by atoms with Crippen LogP contribution in [0.5, 0.6) is 0 Å². The summed E-state index contributed by atoms with van der Waals surface area (Å²) in [7, 11) is 1.88. The van der Waals surface area contributed by atoms with Crippen molar-refractivity contribution in [2.24, 2.45) is 0 Å². The van der Waals surface area contributed by atoms with E-state index in [0.717, 1.165) is 30.2 Å². The van der Waals surface area contributed by atoms with Crippen LogP contribution in [-0.2, 0) is 10.2 Å². The second-order valence-electron chi connectivity index (χ2n) is 5.73. The van der Waals surface area contributed by atoms with E-state index in [2.05, 4.69) is 38.0 Å². The SMILES string of the molecule is CCCC(OCC)c1nc(NC)cc(C(C)(C)C)n1. The van der Waals surface area contributed by atoms with E-state index in [9.17, 15) is 0 Å². The van der Waals surface area contributed by atoms with Crippen LogP contribution in [-0.4, -0.2) is 23.6 Å². The molecule has 0 aliphatic rings. The zero-order chi connectivity index (χ0) is 14.5. The van der Waals surface area contributed by atoms with Crippen LogP contribution in [0.2, 0.25) is 0 Å². The first kappa shape index (κ1) is 15.9. The molecule has 1 atom stereocenters. The van der Waals surface area contributed by atoms with Crippen molar-refractivity contribution in [1.82, 2.24) is 9.97 Å². The predicted octanol–water partition coefficient (Wildman–Crippen LogP) is 3.69. The molecule has 1 aromatic rings. The molecule has 1 heterocycles. The summed E-state index contributed by atoms with van der Waals surface area (Å²) in [6, 6.07) is 2.01. The van der Waals surface area contributed by atoms with E-state index in [1.807, 2.05) is 20.0 Å². The average Bonchev–Trinajstić information content (AvgIpc) is 2.37. The topological polar surface area (TPSA) is 47.0 Å². The Kier molecular flexibility index (Phi) is 5.73. The molecule has 0 aliphatic heterocycles. The van der Waals surface area contributed by atoms with Gasteiger partial charge in [-0.25, -0.2) is 9.97 Å². The van der Waals surface area contributed by atoms with Crippen LogP contribution in [0.1, 0.15) is 65.1 Å². The summed E-state index contributed by atoms with van der Waals surface area (Å²) in [6.45, 7) is 11.3. The standard InChI is InChI=1S/C15H27N3O/c1-7-9-11(19-8-2)14-17-12(15(3,4)5)10-13(16-6)18-14/h10-11H,7-9H2,1-6H3,(H,16,17,18). The molecule has 1 N–H and O–H groups in total. The highest BCUT2D eigenvalue weighted by molar-refractivity contribution is 5.37. The Morgan fingerprint density at radius 1 is 1.26 bits per heavy atom. The van der Waals surface area contributed by atoms with Gasteiger partial charge in [0.25, 0.3) is 0 Å². The number of aromatic nitrogens is 2. The quantitative estimate of drug-likeness (QED) is 0.852. The Hall–Kier alpha value is -1.16. The first-order chi connectivity index (χ1) is 8.92. The highest BCUT2D eigenvalue weighted by Crippen LogP contribution is 2.26. The molecule has 0 saturated heterocycles. The largest absolute Gasteiger partial charge is 0.373 e. The van der Waals surface area contributed by atoms with E-state index in [0.29, 0.717) is 6.61 Å². The molecule has 0 fully saturated rings. The zero-order valence-corrected chi connectivity index (χ0v) is 13.1. The van der Waals surface area contributed by atoms with Crippen molar-refractivity contribution in [2.75, 3.05) is 19.0 Å². The van der Waals surface area contributed by atoms with Crippen LogP contribution in [0.25, 0.3) is 0 Å². The minimum atomic E-state index is -0.00981. The molecule has 4 heteroatoms. The molecule has 0 bridgehead atoms. The molecule has 0 aliphatic carbocycles. The summed E-state index contributed by atoms with van der Waals surface area (Å²) >= 11 is 0. The molecule has 0 spiro atoms. The van der Waals surface area contributed by atoms with E-state index < -0.39 is 0 Å². The van der Waals surface area contributed by atoms with Crippen molar-refractivity contribution < 1.29 is 4.74 Å². The van der Waals surface area contributed by atoms with Crippen molar-refractivity contribution in [3.8, 4) is 0 Å². The fourth-order valence-corrected chi connectivity index (χ4v) is 1.87. The molecule has 1 unspecified atom stereocenters. The third-order valence-corrected chi connectivity index (χ3v) is 2.97. The molecule has 1 rings (SSSR count). The van der Waals surface area contributed by atoms with Crippen LogP contribution in [0.3, 0.4) is 0 Å². The van der Waals surface area contributed by atoms with Gasteiger partial charge in [0.2, 0.25) is 0 Å². The molecule has 108 valence electrons. The average molecular weight is 265 g/mol. The second kappa shape index (κ2) is 6.85. The first-order valence-corrected chi connectivity index (χ1v) is 7.11. The zero-order valence-electron chi connectivity index (χ0n) is 13.1. The smallest absolute Gasteiger partial charge is 0.159 e. The van der Waals surface area contributed by atoms with Crippen molar-refractivity contribution in [1.29, 1.82) is 0 Å². The van der Waals surface area contributed by atoms with E-state index in [1.54, 1.807) is 0 Å². The van der Waals surface area contributed by atoms with Gasteiger partial charge in [0, 0.05) is 25.1 Å². The van der Waals surface area contributed by atoms with Gasteiger partial charge in [0.15, 0.2) is 5.82 Å². The number of hydrogen-bond acceptors (Lipinski definition) is 4. The van der Waals surface area contributed by atoms with E-state index in [4.69, 9.17) is 9.72 Å². The van der Waals surface area contributed by atoms with Gasteiger partial charge in [-0.2, -0.15) is 0 Å². The van der Waals surface area contributed by atoms with Crippen LogP contribution in [0.15, 0.2) is 6.07 Å². The van der Waals surface area contributed by atoms with Crippen molar-refractivity contribution >= 4 is 5.82 Å². The summed E-state index contributed by atoms with van der Waals surface area (Å²) in [5, 5.41) is 3.11. The van der Waals surface area contributed by atoms with Gasteiger partial charge in [-0.3, -0.25) is 0 Å². The number of nitrogens with one attached hydrogen (secondary N) is 1. The maximum atomic E-state index is 5.78. The van der Waals surface area contributed by atoms with Gasteiger partial charge < -0.3 is 10.1 Å². The van der Waals surface area contributed by atoms with E-state index >= 15 is 0 Å². The van der Waals surface area contributed by atoms with Gasteiger partial charge >= 0.3 is 0 Å². The van der Waals surface area contributed by atoms with E-state index in [1.165, 1.54) is 0 Å². The lowest BCUT2D eigenvalue weighted by atomic mass is 9.91. The summed E-state index contributed by atoms with van der Waals surface area (Å²) in [5.74, 6) is 1.65. The van der Waals surface area contributed by atoms with Crippen molar-refractivity contribution in [2.45, 2.75) is 59.0 Å². The molecule has 0 aromatic carbocycles. The number of hydrogen-bond donors (Lipinski definition) is 1. The third kappa shape index (κ3) is 4.46. The van der Waals surface area contributed by atoms with Crippen LogP contribution >= 0.6 is 0 Å². The van der Waals surface area contributed by atoms with Gasteiger partial charge in [0.05, 0.1) is 5.69 Å². The minimum absolute atomic E-state index is 0.00622. The Morgan fingerprint density at radius 3 is 2.42 bits per heavy atom. The highest BCUT2D eigenvalue weighted by atomic mass is 16.5. The molecule has 19 heavy (non-hydrogen) atoms. The van der Waals surface area contributed by atoms with Gasteiger partial charge in [-0.15, -0.1) is 0 Å². The summed E-state index contributed by atoms with van der Waals surface area (Å²) in [6.07, 6.45) is 2.00. The Labute approximate surface area is 117 Å². The fourth-order valence-electron chi connectivity index (χ4n) is 1.87. The molecular weight excluding hydrogens is 238 g/mol. The lowest BCUT2D eigenvalue weighted by Gasteiger charge is -2.22. The van der Waals surface area contributed by atoms with Gasteiger partial charge in [-0.05, 0) is 13.3 Å². The van der Waals surface area contributed by atoms with E-state index in [-0.39, 0.29) is 11.5 Å². The Bertz CT molecular complexity index is 393. The van der Waals surface area contributed by atoms with Crippen LogP contribution in [0.4, 0.5) is 5.82 Å². The summed E-state index contributed by atoms with van der Waals surface area (Å²) in [5.41, 5.74) is 1.05. The molecule has 1 aromatic heterocycles. The molecule has 0 saturated carbocycles. The second-order valence-corrected chi connectivity index (χ2v) is 5.73. The maximum Gasteiger partial charge on any atom is 0.159 e. The monoisotopic (exact) mass is 265 g/mol. The molecule has 4 nitrogen and oxygen atoms in total. The fraction of sp³-hybridized carbons (Fsp3) is 0.733. The Morgan fingerprint density at radius 2 is 1.95 bits per heavy atom. The number of ether oxygens (including phenoxy) is 1. The van der Waals surface area contributed by atoms with Crippen LogP contribution in [0, 0.1) is 0 Å². The van der Waals surface area contributed by atoms with Crippen molar-refractivity contribution in [3.05, 3.63) is 17.6 Å².